The molecule has 0 saturated carbocycles. The van der Waals surface area contributed by atoms with Gasteiger partial charge in [-0.05, 0) is 66.7 Å². The third-order valence-electron chi connectivity index (χ3n) is 5.86. The van der Waals surface area contributed by atoms with Gasteiger partial charge in [0.15, 0.2) is 0 Å². The Morgan fingerprint density at radius 1 is 1.29 bits per heavy atom. The number of aryl methyl sites for hydroxylation is 1. The highest BCUT2D eigenvalue weighted by molar-refractivity contribution is 6.30. The fraction of sp³-hybridized carbons (Fsp3) is 0.370. The van der Waals surface area contributed by atoms with Crippen molar-refractivity contribution in [2.75, 3.05) is 0 Å². The Hall–Kier alpha value is -3.12. The molecule has 1 atom stereocenters. The van der Waals surface area contributed by atoms with Crippen LogP contribution in [0.25, 0.3) is 0 Å². The lowest BCUT2D eigenvalue weighted by molar-refractivity contribution is -0.128. The number of hydrogen-bond acceptors (Lipinski definition) is 4. The molecule has 1 aromatic carbocycles. The van der Waals surface area contributed by atoms with E-state index in [0.717, 1.165) is 29.5 Å². The highest BCUT2D eigenvalue weighted by Crippen LogP contribution is 2.37. The molecule has 0 bridgehead atoms. The van der Waals surface area contributed by atoms with Crippen LogP contribution in [0.5, 0.6) is 0 Å². The van der Waals surface area contributed by atoms with E-state index >= 15 is 0 Å². The predicted molar refractivity (Wildman–Crippen MR) is 137 cm³/mol. The van der Waals surface area contributed by atoms with E-state index < -0.39 is 11.9 Å². The van der Waals surface area contributed by atoms with Gasteiger partial charge in [-0.3, -0.25) is 14.5 Å². The molecule has 6 nitrogen and oxygen atoms in total. The van der Waals surface area contributed by atoms with E-state index in [1.54, 1.807) is 24.0 Å². The van der Waals surface area contributed by atoms with E-state index in [1.807, 2.05) is 45.0 Å². The van der Waals surface area contributed by atoms with Crippen LogP contribution in [0.1, 0.15) is 64.6 Å². The predicted octanol–water partition coefficient (Wildman–Crippen LogP) is 5.11. The van der Waals surface area contributed by atoms with Crippen molar-refractivity contribution < 1.29 is 14.4 Å². The van der Waals surface area contributed by atoms with Crippen LogP contribution in [0.3, 0.4) is 0 Å². The van der Waals surface area contributed by atoms with Crippen molar-refractivity contribution in [3.05, 3.63) is 81.8 Å². The summed E-state index contributed by atoms with van der Waals surface area (Å²) in [7, 11) is 0. The van der Waals surface area contributed by atoms with Crippen LogP contribution in [-0.4, -0.2) is 23.0 Å². The molecule has 0 saturated heterocycles. The number of halogens is 1. The second-order valence-electron chi connectivity index (χ2n) is 9.25. The van der Waals surface area contributed by atoms with E-state index in [4.69, 9.17) is 17.3 Å². The summed E-state index contributed by atoms with van der Waals surface area (Å²) in [5.41, 5.74) is 9.32. The summed E-state index contributed by atoms with van der Waals surface area (Å²) in [4.78, 5) is 37.8. The van der Waals surface area contributed by atoms with Crippen LogP contribution in [0, 0.1) is 5.41 Å². The number of amides is 2. The monoisotopic (exact) mass is 483 g/mol. The maximum atomic E-state index is 13.0. The van der Waals surface area contributed by atoms with Crippen molar-refractivity contribution in [1.82, 2.24) is 10.2 Å². The van der Waals surface area contributed by atoms with E-state index in [-0.39, 0.29) is 11.3 Å². The minimum atomic E-state index is -0.564. The molecule has 1 unspecified atom stereocenters. The molecule has 182 valence electrons. The Morgan fingerprint density at radius 2 is 1.97 bits per heavy atom. The van der Waals surface area contributed by atoms with E-state index in [1.165, 1.54) is 6.92 Å². The smallest absolute Gasteiger partial charge is 0.244 e. The number of hydrogen-bond donors (Lipinski definition) is 2. The summed E-state index contributed by atoms with van der Waals surface area (Å²) in [6, 6.07) is 5.20. The van der Waals surface area contributed by atoms with Gasteiger partial charge in [-0.2, -0.15) is 0 Å². The second kappa shape index (κ2) is 11.3. The molecule has 0 fully saturated rings. The molecule has 1 aliphatic rings. The van der Waals surface area contributed by atoms with Crippen molar-refractivity contribution in [2.24, 2.45) is 11.1 Å². The SMILES string of the molecule is C=CC1=C(/C=C(\C)C(N)=O)NC(CC(C)(C)CC=O)=CC(c2ccc(Cl)cc2CC)N1C(C)=O. The van der Waals surface area contributed by atoms with Gasteiger partial charge in [0.05, 0.1) is 17.4 Å². The van der Waals surface area contributed by atoms with Gasteiger partial charge < -0.3 is 15.8 Å². The van der Waals surface area contributed by atoms with Crippen molar-refractivity contribution in [2.45, 2.75) is 59.9 Å². The quantitative estimate of drug-likeness (QED) is 0.377. The normalized spacial score (nSPS) is 17.0. The number of primary amides is 1. The summed E-state index contributed by atoms with van der Waals surface area (Å²) in [6.07, 6.45) is 7.77. The Balaban J connectivity index is 2.85. The van der Waals surface area contributed by atoms with Gasteiger partial charge in [-0.25, -0.2) is 0 Å². The van der Waals surface area contributed by atoms with Crippen molar-refractivity contribution >= 4 is 29.7 Å². The summed E-state index contributed by atoms with van der Waals surface area (Å²) in [5, 5.41) is 4.02. The summed E-state index contributed by atoms with van der Waals surface area (Å²) in [6.45, 7) is 13.1. The van der Waals surface area contributed by atoms with Gasteiger partial charge in [0.2, 0.25) is 11.8 Å². The van der Waals surface area contributed by atoms with E-state index in [0.29, 0.717) is 34.8 Å². The first-order chi connectivity index (χ1) is 15.9. The summed E-state index contributed by atoms with van der Waals surface area (Å²) < 4.78 is 0. The van der Waals surface area contributed by atoms with Gasteiger partial charge in [-0.1, -0.05) is 45.0 Å². The number of nitrogens with zero attached hydrogens (tertiary/aromatic N) is 1. The zero-order chi connectivity index (χ0) is 25.6. The maximum Gasteiger partial charge on any atom is 0.244 e. The highest BCUT2D eigenvalue weighted by atomic mass is 35.5. The Labute approximate surface area is 207 Å². The largest absolute Gasteiger partial charge is 0.366 e. The third-order valence-corrected chi connectivity index (χ3v) is 6.09. The molecular formula is C27H34ClN3O3. The molecule has 1 aromatic rings. The maximum absolute atomic E-state index is 13.0. The minimum Gasteiger partial charge on any atom is -0.366 e. The molecule has 1 heterocycles. The standard InChI is InChI=1S/C27H34ClN3O3/c1-7-19-14-20(28)9-10-22(19)25-15-21(16-27(5,6)11-12-32)30-23(13-17(3)26(29)34)24(8-2)31(25)18(4)33/h8-10,12-15,25,30H,2,7,11,16H2,1,3-6H3,(H2,29,34)/b17-13+. The van der Waals surface area contributed by atoms with Gasteiger partial charge in [-0.15, -0.1) is 0 Å². The lowest BCUT2D eigenvalue weighted by Gasteiger charge is -2.31. The first-order valence-corrected chi connectivity index (χ1v) is 11.7. The topological polar surface area (TPSA) is 92.5 Å². The van der Waals surface area contributed by atoms with E-state index in [9.17, 15) is 14.4 Å². The van der Waals surface area contributed by atoms with Crippen LogP contribution in [0.15, 0.2) is 65.7 Å². The molecule has 0 radical (unpaired) electrons. The third kappa shape index (κ3) is 6.48. The molecular weight excluding hydrogens is 450 g/mol. The zero-order valence-electron chi connectivity index (χ0n) is 20.6. The van der Waals surface area contributed by atoms with Gasteiger partial charge in [0.25, 0.3) is 0 Å². The number of rotatable bonds is 9. The lowest BCUT2D eigenvalue weighted by Crippen LogP contribution is -2.32. The molecule has 7 heteroatoms. The number of benzene rings is 1. The van der Waals surface area contributed by atoms with Gasteiger partial charge in [0, 0.05) is 29.6 Å². The molecule has 2 rings (SSSR count). The fourth-order valence-electron chi connectivity index (χ4n) is 4.11. The first-order valence-electron chi connectivity index (χ1n) is 11.3. The van der Waals surface area contributed by atoms with Crippen molar-refractivity contribution in [3.63, 3.8) is 0 Å². The Morgan fingerprint density at radius 3 is 2.50 bits per heavy atom. The van der Waals surface area contributed by atoms with Crippen LogP contribution < -0.4 is 11.1 Å². The number of nitrogens with one attached hydrogen (secondary N) is 1. The van der Waals surface area contributed by atoms with Crippen molar-refractivity contribution in [1.29, 1.82) is 0 Å². The molecule has 0 aromatic heterocycles. The number of nitrogens with two attached hydrogens (primary N) is 1. The molecule has 0 aliphatic carbocycles. The Kier molecular flexibility index (Phi) is 9.05. The number of carbonyl (C=O) groups excluding carboxylic acids is 3. The molecule has 0 spiro atoms. The number of allylic oxidation sites excluding steroid dienone is 3. The Bertz CT molecular complexity index is 1080. The van der Waals surface area contributed by atoms with Gasteiger partial charge >= 0.3 is 0 Å². The molecule has 34 heavy (non-hydrogen) atoms. The van der Waals surface area contributed by atoms with Crippen molar-refractivity contribution in [3.8, 4) is 0 Å². The minimum absolute atomic E-state index is 0.189. The molecule has 3 N–H and O–H groups in total. The zero-order valence-corrected chi connectivity index (χ0v) is 21.3. The molecule has 2 amide bonds. The first kappa shape index (κ1) is 27.1. The number of aldehydes is 1. The summed E-state index contributed by atoms with van der Waals surface area (Å²) >= 11 is 6.26. The highest BCUT2D eigenvalue weighted by Gasteiger charge is 2.31. The summed E-state index contributed by atoms with van der Waals surface area (Å²) in [5.74, 6) is -0.753. The second-order valence-corrected chi connectivity index (χ2v) is 9.69. The molecule has 1 aliphatic heterocycles. The average Bonchev–Trinajstić information content (AvgIpc) is 2.89. The van der Waals surface area contributed by atoms with Crippen LogP contribution >= 0.6 is 11.6 Å². The van der Waals surface area contributed by atoms with Crippen LogP contribution in [0.4, 0.5) is 0 Å². The van der Waals surface area contributed by atoms with Crippen LogP contribution in [-0.2, 0) is 20.8 Å². The van der Waals surface area contributed by atoms with Gasteiger partial charge in [0.1, 0.15) is 6.29 Å². The fourth-order valence-corrected chi connectivity index (χ4v) is 4.30. The number of carbonyl (C=O) groups is 3. The van der Waals surface area contributed by atoms with Crippen LogP contribution in [0.2, 0.25) is 5.02 Å². The lowest BCUT2D eigenvalue weighted by atomic mass is 9.84. The average molecular weight is 484 g/mol. The van der Waals surface area contributed by atoms with E-state index in [2.05, 4.69) is 11.9 Å².